The number of phenols is 1. The zero-order chi connectivity index (χ0) is 10.0. The van der Waals surface area contributed by atoms with Crippen molar-refractivity contribution in [3.05, 3.63) is 28.0 Å². The Kier molecular flexibility index (Phi) is 3.03. The van der Waals surface area contributed by atoms with Gasteiger partial charge < -0.3 is 5.11 Å². The number of halogens is 2. The monoisotopic (exact) mass is 246 g/mol. The number of rotatable bonds is 2. The minimum Gasteiger partial charge on any atom is -0.504 e. The van der Waals surface area contributed by atoms with E-state index in [0.717, 1.165) is 6.07 Å². The molecule has 1 aromatic rings. The maximum atomic E-state index is 12.9. The van der Waals surface area contributed by atoms with Crippen LogP contribution in [0.2, 0.25) is 0 Å². The molecular formula is C9H8BrFO2. The summed E-state index contributed by atoms with van der Waals surface area (Å²) < 4.78 is 13.3. The van der Waals surface area contributed by atoms with Crippen LogP contribution in [0.4, 0.5) is 4.39 Å². The number of carbonyl (C=O) groups is 1. The maximum absolute atomic E-state index is 12.9. The molecule has 0 aromatic heterocycles. The number of hydrogen-bond acceptors (Lipinski definition) is 2. The SMILES string of the molecule is CCC(=O)c1cc(Br)cc(F)c1O. The molecule has 0 heterocycles. The summed E-state index contributed by atoms with van der Waals surface area (Å²) in [6, 6.07) is 2.52. The molecule has 0 atom stereocenters. The Balaban J connectivity index is 3.28. The first-order chi connectivity index (χ1) is 6.06. The van der Waals surface area contributed by atoms with E-state index in [2.05, 4.69) is 15.9 Å². The third-order valence-electron chi connectivity index (χ3n) is 1.65. The summed E-state index contributed by atoms with van der Waals surface area (Å²) in [5.41, 5.74) is 0.0226. The molecular weight excluding hydrogens is 239 g/mol. The van der Waals surface area contributed by atoms with Gasteiger partial charge in [0, 0.05) is 10.9 Å². The van der Waals surface area contributed by atoms with Crippen molar-refractivity contribution in [1.29, 1.82) is 0 Å². The fourth-order valence-electron chi connectivity index (χ4n) is 0.969. The van der Waals surface area contributed by atoms with Gasteiger partial charge in [-0.15, -0.1) is 0 Å². The zero-order valence-corrected chi connectivity index (χ0v) is 8.56. The molecule has 0 aliphatic rings. The van der Waals surface area contributed by atoms with Crippen LogP contribution in [0.3, 0.4) is 0 Å². The molecule has 0 unspecified atom stereocenters. The van der Waals surface area contributed by atoms with Crippen LogP contribution in [0.15, 0.2) is 16.6 Å². The highest BCUT2D eigenvalue weighted by Crippen LogP contribution is 2.26. The van der Waals surface area contributed by atoms with Crippen LogP contribution in [0.1, 0.15) is 23.7 Å². The number of hydrogen-bond donors (Lipinski definition) is 1. The lowest BCUT2D eigenvalue weighted by atomic mass is 10.1. The lowest BCUT2D eigenvalue weighted by Gasteiger charge is -2.03. The highest BCUT2D eigenvalue weighted by molar-refractivity contribution is 9.10. The summed E-state index contributed by atoms with van der Waals surface area (Å²) in [4.78, 5) is 11.2. The second kappa shape index (κ2) is 3.87. The van der Waals surface area contributed by atoms with E-state index in [0.29, 0.717) is 4.47 Å². The smallest absolute Gasteiger partial charge is 0.166 e. The van der Waals surface area contributed by atoms with E-state index in [9.17, 15) is 14.3 Å². The first kappa shape index (κ1) is 10.2. The van der Waals surface area contributed by atoms with Crippen LogP contribution in [-0.2, 0) is 0 Å². The van der Waals surface area contributed by atoms with Gasteiger partial charge in [-0.2, -0.15) is 0 Å². The highest BCUT2D eigenvalue weighted by atomic mass is 79.9. The molecule has 1 N–H and O–H groups in total. The average molecular weight is 247 g/mol. The predicted octanol–water partition coefficient (Wildman–Crippen LogP) is 2.89. The van der Waals surface area contributed by atoms with Crippen molar-refractivity contribution in [3.8, 4) is 5.75 Å². The molecule has 1 rings (SSSR count). The molecule has 0 aliphatic heterocycles. The quantitative estimate of drug-likeness (QED) is 0.816. The van der Waals surface area contributed by atoms with Crippen molar-refractivity contribution >= 4 is 21.7 Å². The first-order valence-corrected chi connectivity index (χ1v) is 4.56. The minimum absolute atomic E-state index is 0.0226. The van der Waals surface area contributed by atoms with E-state index < -0.39 is 11.6 Å². The summed E-state index contributed by atoms with van der Waals surface area (Å²) in [6.07, 6.45) is 0.240. The van der Waals surface area contributed by atoms with E-state index in [4.69, 9.17) is 0 Å². The van der Waals surface area contributed by atoms with E-state index in [1.54, 1.807) is 6.92 Å². The Hall–Kier alpha value is -0.900. The molecule has 0 aliphatic carbocycles. The molecule has 0 saturated heterocycles. The summed E-state index contributed by atoms with van der Waals surface area (Å²) in [7, 11) is 0. The normalized spacial score (nSPS) is 10.1. The number of aromatic hydroxyl groups is 1. The Morgan fingerprint density at radius 2 is 2.23 bits per heavy atom. The molecule has 0 saturated carbocycles. The fraction of sp³-hybridized carbons (Fsp3) is 0.222. The minimum atomic E-state index is -0.786. The van der Waals surface area contributed by atoms with Gasteiger partial charge >= 0.3 is 0 Å². The lowest BCUT2D eigenvalue weighted by molar-refractivity contribution is 0.0984. The van der Waals surface area contributed by atoms with Crippen LogP contribution < -0.4 is 0 Å². The van der Waals surface area contributed by atoms with Crippen molar-refractivity contribution in [1.82, 2.24) is 0 Å². The Morgan fingerprint density at radius 1 is 1.62 bits per heavy atom. The van der Waals surface area contributed by atoms with Crippen molar-refractivity contribution in [2.24, 2.45) is 0 Å². The van der Waals surface area contributed by atoms with Crippen molar-refractivity contribution in [2.75, 3.05) is 0 Å². The van der Waals surface area contributed by atoms with Gasteiger partial charge in [0.1, 0.15) is 0 Å². The number of carbonyl (C=O) groups excluding carboxylic acids is 1. The third kappa shape index (κ3) is 2.06. The van der Waals surface area contributed by atoms with Crippen molar-refractivity contribution < 1.29 is 14.3 Å². The maximum Gasteiger partial charge on any atom is 0.166 e. The number of Topliss-reactive ketones (excluding diaryl/α,β-unsaturated/α-hetero) is 1. The molecule has 0 bridgehead atoms. The fourth-order valence-corrected chi connectivity index (χ4v) is 1.40. The Morgan fingerprint density at radius 3 is 2.77 bits per heavy atom. The second-order valence-electron chi connectivity index (χ2n) is 2.56. The molecule has 13 heavy (non-hydrogen) atoms. The molecule has 0 amide bonds. The van der Waals surface area contributed by atoms with E-state index >= 15 is 0 Å². The Labute approximate surface area is 83.5 Å². The molecule has 70 valence electrons. The van der Waals surface area contributed by atoms with Crippen LogP contribution in [0, 0.1) is 5.82 Å². The summed E-state index contributed by atoms with van der Waals surface area (Å²) in [5.74, 6) is -1.64. The molecule has 0 spiro atoms. The summed E-state index contributed by atoms with van der Waals surface area (Å²) in [5, 5.41) is 9.21. The van der Waals surface area contributed by atoms with Gasteiger partial charge in [0.2, 0.25) is 0 Å². The van der Waals surface area contributed by atoms with Crippen LogP contribution in [0.25, 0.3) is 0 Å². The molecule has 0 fully saturated rings. The molecule has 0 radical (unpaired) electrons. The van der Waals surface area contributed by atoms with Crippen LogP contribution >= 0.6 is 15.9 Å². The Bertz CT molecular complexity index is 350. The number of ketones is 1. The lowest BCUT2D eigenvalue weighted by Crippen LogP contribution is -1.98. The van der Waals surface area contributed by atoms with Gasteiger partial charge in [0.25, 0.3) is 0 Å². The summed E-state index contributed by atoms with van der Waals surface area (Å²) in [6.45, 7) is 1.65. The predicted molar refractivity (Wildman–Crippen MR) is 50.4 cm³/mol. The number of benzene rings is 1. The van der Waals surface area contributed by atoms with E-state index in [1.165, 1.54) is 6.07 Å². The highest BCUT2D eigenvalue weighted by Gasteiger charge is 2.13. The number of phenolic OH excluding ortho intramolecular Hbond substituents is 1. The third-order valence-corrected chi connectivity index (χ3v) is 2.11. The van der Waals surface area contributed by atoms with E-state index in [1.807, 2.05) is 0 Å². The largest absolute Gasteiger partial charge is 0.504 e. The topological polar surface area (TPSA) is 37.3 Å². The van der Waals surface area contributed by atoms with Crippen molar-refractivity contribution in [3.63, 3.8) is 0 Å². The second-order valence-corrected chi connectivity index (χ2v) is 3.48. The van der Waals surface area contributed by atoms with Crippen molar-refractivity contribution in [2.45, 2.75) is 13.3 Å². The zero-order valence-electron chi connectivity index (χ0n) is 6.97. The van der Waals surface area contributed by atoms with Gasteiger partial charge in [-0.25, -0.2) is 4.39 Å². The van der Waals surface area contributed by atoms with Gasteiger partial charge in [-0.1, -0.05) is 22.9 Å². The molecule has 2 nitrogen and oxygen atoms in total. The molecule has 1 aromatic carbocycles. The van der Waals surface area contributed by atoms with Gasteiger partial charge in [0.05, 0.1) is 5.56 Å². The average Bonchev–Trinajstić information content (AvgIpc) is 2.10. The van der Waals surface area contributed by atoms with E-state index in [-0.39, 0.29) is 17.8 Å². The first-order valence-electron chi connectivity index (χ1n) is 3.77. The standard InChI is InChI=1S/C9H8BrFO2/c1-2-8(12)6-3-5(10)4-7(11)9(6)13/h3-4,13H,2H2,1H3. The van der Waals surface area contributed by atoms with Gasteiger partial charge in [0.15, 0.2) is 17.3 Å². The van der Waals surface area contributed by atoms with Gasteiger partial charge in [-0.05, 0) is 12.1 Å². The van der Waals surface area contributed by atoms with Crippen LogP contribution in [0.5, 0.6) is 5.75 Å². The van der Waals surface area contributed by atoms with Gasteiger partial charge in [-0.3, -0.25) is 4.79 Å². The summed E-state index contributed by atoms with van der Waals surface area (Å²) >= 11 is 3.04. The van der Waals surface area contributed by atoms with Crippen LogP contribution in [-0.4, -0.2) is 10.9 Å². The molecule has 4 heteroatoms.